The number of pyridine rings is 1. The summed E-state index contributed by atoms with van der Waals surface area (Å²) in [7, 11) is 0. The monoisotopic (exact) mass is 168 g/mol. The van der Waals surface area contributed by atoms with Gasteiger partial charge in [0.25, 0.3) is 0 Å². The molecule has 0 aliphatic heterocycles. The highest BCUT2D eigenvalue weighted by Gasteiger charge is 1.95. The molecule has 3 nitrogen and oxygen atoms in total. The Morgan fingerprint density at radius 3 is 2.50 bits per heavy atom. The van der Waals surface area contributed by atoms with Crippen LogP contribution in [0.3, 0.4) is 0 Å². The van der Waals surface area contributed by atoms with Crippen LogP contribution in [0, 0.1) is 0 Å². The summed E-state index contributed by atoms with van der Waals surface area (Å²) in [5.74, 6) is 0. The second-order valence-electron chi connectivity index (χ2n) is 2.45. The van der Waals surface area contributed by atoms with E-state index in [-0.39, 0.29) is 6.61 Å². The molecule has 3 heteroatoms. The third-order valence-electron chi connectivity index (χ3n) is 1.51. The van der Waals surface area contributed by atoms with E-state index < -0.39 is 0 Å². The summed E-state index contributed by atoms with van der Waals surface area (Å²) in [6, 6.07) is 5.93. The predicted octanol–water partition coefficient (Wildman–Crippen LogP) is -0.0170. The first-order chi connectivity index (χ1) is 5.93. The number of hydrogen-bond acceptors (Lipinski definition) is 2. The molecular formula is C9H14NO2+. The molecule has 1 rings (SSSR count). The maximum atomic E-state index is 8.43. The molecule has 0 aliphatic rings. The van der Waals surface area contributed by atoms with Gasteiger partial charge in [0.15, 0.2) is 18.9 Å². The molecule has 0 saturated heterocycles. The highest BCUT2D eigenvalue weighted by atomic mass is 16.5. The Morgan fingerprint density at radius 1 is 1.08 bits per heavy atom. The van der Waals surface area contributed by atoms with Crippen LogP contribution in [0.2, 0.25) is 0 Å². The smallest absolute Gasteiger partial charge is 0.171 e. The molecule has 0 radical (unpaired) electrons. The van der Waals surface area contributed by atoms with Crippen LogP contribution in [0.4, 0.5) is 0 Å². The van der Waals surface area contributed by atoms with Crippen LogP contribution in [0.25, 0.3) is 0 Å². The Hall–Kier alpha value is -0.930. The van der Waals surface area contributed by atoms with Crippen molar-refractivity contribution in [1.82, 2.24) is 0 Å². The first-order valence-electron chi connectivity index (χ1n) is 4.06. The van der Waals surface area contributed by atoms with Crippen molar-refractivity contribution >= 4 is 0 Å². The van der Waals surface area contributed by atoms with Gasteiger partial charge in [0.05, 0.1) is 13.2 Å². The van der Waals surface area contributed by atoms with Gasteiger partial charge in [0, 0.05) is 12.1 Å². The molecule has 0 aliphatic carbocycles. The van der Waals surface area contributed by atoms with E-state index in [2.05, 4.69) is 0 Å². The van der Waals surface area contributed by atoms with Crippen LogP contribution < -0.4 is 4.57 Å². The highest BCUT2D eigenvalue weighted by molar-refractivity contribution is 4.83. The number of aromatic nitrogens is 1. The SMILES string of the molecule is OCCOCC[n+]1ccccc1. The fourth-order valence-corrected chi connectivity index (χ4v) is 0.920. The van der Waals surface area contributed by atoms with E-state index in [1.165, 1.54) is 0 Å². The molecule has 0 spiro atoms. The zero-order valence-electron chi connectivity index (χ0n) is 7.02. The van der Waals surface area contributed by atoms with Gasteiger partial charge in [-0.15, -0.1) is 0 Å². The lowest BCUT2D eigenvalue weighted by Gasteiger charge is -1.97. The highest BCUT2D eigenvalue weighted by Crippen LogP contribution is 1.78. The molecule has 0 amide bonds. The van der Waals surface area contributed by atoms with Gasteiger partial charge in [-0.1, -0.05) is 6.07 Å². The molecule has 1 aromatic heterocycles. The van der Waals surface area contributed by atoms with Gasteiger partial charge < -0.3 is 9.84 Å². The van der Waals surface area contributed by atoms with Gasteiger partial charge in [0.2, 0.25) is 0 Å². The topological polar surface area (TPSA) is 33.3 Å². The van der Waals surface area contributed by atoms with Crippen molar-refractivity contribution in [2.75, 3.05) is 19.8 Å². The molecule has 1 N–H and O–H groups in total. The number of rotatable bonds is 5. The summed E-state index contributed by atoms with van der Waals surface area (Å²) in [4.78, 5) is 0. The summed E-state index contributed by atoms with van der Waals surface area (Å²) >= 11 is 0. The van der Waals surface area contributed by atoms with Crippen LogP contribution in [-0.2, 0) is 11.3 Å². The van der Waals surface area contributed by atoms with Crippen molar-refractivity contribution in [3.05, 3.63) is 30.6 Å². The fourth-order valence-electron chi connectivity index (χ4n) is 0.920. The van der Waals surface area contributed by atoms with Gasteiger partial charge in [-0.25, -0.2) is 4.57 Å². The molecule has 1 aromatic rings. The van der Waals surface area contributed by atoms with Crippen LogP contribution in [0.5, 0.6) is 0 Å². The van der Waals surface area contributed by atoms with E-state index in [1.54, 1.807) is 0 Å². The molecular weight excluding hydrogens is 154 g/mol. The number of aliphatic hydroxyl groups excluding tert-OH is 1. The van der Waals surface area contributed by atoms with Crippen molar-refractivity contribution in [2.24, 2.45) is 0 Å². The van der Waals surface area contributed by atoms with Gasteiger partial charge in [-0.2, -0.15) is 0 Å². The van der Waals surface area contributed by atoms with E-state index in [9.17, 15) is 0 Å². The van der Waals surface area contributed by atoms with Gasteiger partial charge in [0.1, 0.15) is 6.61 Å². The number of hydrogen-bond donors (Lipinski definition) is 1. The summed E-state index contributed by atoms with van der Waals surface area (Å²) in [5, 5.41) is 8.43. The molecule has 0 aromatic carbocycles. The minimum absolute atomic E-state index is 0.0967. The second-order valence-corrected chi connectivity index (χ2v) is 2.45. The summed E-state index contributed by atoms with van der Waals surface area (Å²) in [5.41, 5.74) is 0. The number of nitrogens with zero attached hydrogens (tertiary/aromatic N) is 1. The molecule has 66 valence electrons. The molecule has 1 heterocycles. The number of ether oxygens (including phenoxy) is 1. The first kappa shape index (κ1) is 9.16. The van der Waals surface area contributed by atoms with Crippen molar-refractivity contribution in [2.45, 2.75) is 6.54 Å². The van der Waals surface area contributed by atoms with E-state index in [0.717, 1.165) is 6.54 Å². The van der Waals surface area contributed by atoms with Crippen LogP contribution in [0.1, 0.15) is 0 Å². The predicted molar refractivity (Wildman–Crippen MR) is 44.5 cm³/mol. The van der Waals surface area contributed by atoms with Crippen molar-refractivity contribution < 1.29 is 14.4 Å². The quantitative estimate of drug-likeness (QED) is 0.495. The van der Waals surface area contributed by atoms with Gasteiger partial charge in [-0.3, -0.25) is 0 Å². The van der Waals surface area contributed by atoms with E-state index in [1.807, 2.05) is 35.2 Å². The normalized spacial score (nSPS) is 10.1. The lowest BCUT2D eigenvalue weighted by atomic mass is 10.5. The fraction of sp³-hybridized carbons (Fsp3) is 0.444. The molecule has 0 atom stereocenters. The Bertz CT molecular complexity index is 201. The third-order valence-corrected chi connectivity index (χ3v) is 1.51. The third kappa shape index (κ3) is 3.46. The minimum atomic E-state index is 0.0967. The van der Waals surface area contributed by atoms with Gasteiger partial charge >= 0.3 is 0 Å². The molecule has 0 fully saturated rings. The lowest BCUT2D eigenvalue weighted by molar-refractivity contribution is -0.698. The Kier molecular flexibility index (Phi) is 4.34. The van der Waals surface area contributed by atoms with Crippen LogP contribution >= 0.6 is 0 Å². The molecule has 0 unspecified atom stereocenters. The lowest BCUT2D eigenvalue weighted by Crippen LogP contribution is -2.34. The largest absolute Gasteiger partial charge is 0.394 e. The standard InChI is InChI=1S/C9H14NO2/c11-7-9-12-8-6-10-4-2-1-3-5-10/h1-5,11H,6-9H2/q+1. The van der Waals surface area contributed by atoms with Crippen LogP contribution in [0.15, 0.2) is 30.6 Å². The Balaban J connectivity index is 2.16. The maximum absolute atomic E-state index is 8.43. The second kappa shape index (κ2) is 5.69. The van der Waals surface area contributed by atoms with Crippen molar-refractivity contribution in [3.63, 3.8) is 0 Å². The van der Waals surface area contributed by atoms with Crippen molar-refractivity contribution in [3.8, 4) is 0 Å². The Labute approximate surface area is 72.2 Å². The average molecular weight is 168 g/mol. The van der Waals surface area contributed by atoms with Crippen LogP contribution in [-0.4, -0.2) is 24.9 Å². The maximum Gasteiger partial charge on any atom is 0.171 e. The summed E-state index contributed by atoms with van der Waals surface area (Å²) in [6.07, 6.45) is 3.98. The average Bonchev–Trinajstić information content (AvgIpc) is 2.14. The molecule has 0 bridgehead atoms. The van der Waals surface area contributed by atoms with Gasteiger partial charge in [-0.05, 0) is 0 Å². The molecule has 12 heavy (non-hydrogen) atoms. The minimum Gasteiger partial charge on any atom is -0.394 e. The summed E-state index contributed by atoms with van der Waals surface area (Å²) in [6.45, 7) is 2.00. The zero-order valence-corrected chi connectivity index (χ0v) is 7.02. The number of aliphatic hydroxyl groups is 1. The van der Waals surface area contributed by atoms with Crippen molar-refractivity contribution in [1.29, 1.82) is 0 Å². The van der Waals surface area contributed by atoms with E-state index in [4.69, 9.17) is 9.84 Å². The van der Waals surface area contributed by atoms with E-state index in [0.29, 0.717) is 13.2 Å². The first-order valence-corrected chi connectivity index (χ1v) is 4.06. The summed E-state index contributed by atoms with van der Waals surface area (Å²) < 4.78 is 7.15. The zero-order chi connectivity index (χ0) is 8.65. The van der Waals surface area contributed by atoms with E-state index >= 15 is 0 Å². The molecule has 0 saturated carbocycles. The Morgan fingerprint density at radius 2 is 1.83 bits per heavy atom.